The van der Waals surface area contributed by atoms with E-state index in [4.69, 9.17) is 9.47 Å². The van der Waals surface area contributed by atoms with Gasteiger partial charge in [-0.05, 0) is 75.4 Å². The standard InChI is InChI=1S/C27H33N3O5/c1-3-34-21-13-15-22(16-14-21)35-18(2)25(31)28-29-26(32)24-17-20-11-7-8-12-23(20)30(24)27(33)19-9-5-4-6-10-19/h4-6,9-10,13-16,18,20,23-24H,3,7-8,11-12,17H2,1-2H3,(H,28,31)(H,29,32). The number of ether oxygens (including phenoxy) is 2. The number of nitrogens with one attached hydrogen (secondary N) is 2. The summed E-state index contributed by atoms with van der Waals surface area (Å²) in [4.78, 5) is 40.8. The van der Waals surface area contributed by atoms with Gasteiger partial charge in [-0.1, -0.05) is 31.0 Å². The molecule has 0 aromatic heterocycles. The quantitative estimate of drug-likeness (QED) is 0.593. The van der Waals surface area contributed by atoms with E-state index in [0.717, 1.165) is 31.4 Å². The predicted octanol–water partition coefficient (Wildman–Crippen LogP) is 3.47. The SMILES string of the molecule is CCOc1ccc(OC(C)C(=O)NNC(=O)C2CC3CCCCC3N2C(=O)c2ccccc2)cc1. The zero-order valence-corrected chi connectivity index (χ0v) is 20.2. The molecule has 0 spiro atoms. The number of amides is 3. The molecule has 1 aliphatic carbocycles. The average Bonchev–Trinajstić information content (AvgIpc) is 3.28. The van der Waals surface area contributed by atoms with Crippen LogP contribution in [0.5, 0.6) is 11.5 Å². The van der Waals surface area contributed by atoms with Crippen molar-refractivity contribution < 1.29 is 23.9 Å². The van der Waals surface area contributed by atoms with Crippen molar-refractivity contribution in [3.63, 3.8) is 0 Å². The number of hydrazine groups is 1. The second kappa shape index (κ2) is 11.3. The largest absolute Gasteiger partial charge is 0.494 e. The Balaban J connectivity index is 1.37. The summed E-state index contributed by atoms with van der Waals surface area (Å²) in [6.07, 6.45) is 3.83. The molecule has 1 aliphatic heterocycles. The van der Waals surface area contributed by atoms with Crippen LogP contribution in [0, 0.1) is 5.92 Å². The molecule has 8 nitrogen and oxygen atoms in total. The zero-order valence-electron chi connectivity index (χ0n) is 20.2. The number of fused-ring (bicyclic) bond motifs is 1. The van der Waals surface area contributed by atoms with Gasteiger partial charge in [-0.3, -0.25) is 25.2 Å². The van der Waals surface area contributed by atoms with Crippen molar-refractivity contribution in [3.8, 4) is 11.5 Å². The summed E-state index contributed by atoms with van der Waals surface area (Å²) < 4.78 is 11.1. The number of nitrogens with zero attached hydrogens (tertiary/aromatic N) is 1. The summed E-state index contributed by atoms with van der Waals surface area (Å²) in [5.74, 6) is 0.523. The first-order valence-electron chi connectivity index (χ1n) is 12.3. The number of rotatable bonds is 7. The molecule has 2 aromatic rings. The van der Waals surface area contributed by atoms with E-state index in [9.17, 15) is 14.4 Å². The molecule has 1 saturated heterocycles. The highest BCUT2D eigenvalue weighted by Gasteiger charge is 2.47. The van der Waals surface area contributed by atoms with Crippen LogP contribution in [0.3, 0.4) is 0 Å². The van der Waals surface area contributed by atoms with Crippen LogP contribution in [0.15, 0.2) is 54.6 Å². The number of hydrogen-bond acceptors (Lipinski definition) is 5. The van der Waals surface area contributed by atoms with Crippen molar-refractivity contribution in [1.82, 2.24) is 15.8 Å². The molecule has 4 atom stereocenters. The molecule has 0 radical (unpaired) electrons. The van der Waals surface area contributed by atoms with Crippen molar-refractivity contribution in [3.05, 3.63) is 60.2 Å². The van der Waals surface area contributed by atoms with Crippen LogP contribution in [0.25, 0.3) is 0 Å². The number of hydrogen-bond donors (Lipinski definition) is 2. The molecule has 1 heterocycles. The summed E-state index contributed by atoms with van der Waals surface area (Å²) in [5, 5.41) is 0. The summed E-state index contributed by atoms with van der Waals surface area (Å²) in [7, 11) is 0. The van der Waals surface area contributed by atoms with Gasteiger partial charge in [0, 0.05) is 11.6 Å². The monoisotopic (exact) mass is 479 g/mol. The lowest BCUT2D eigenvalue weighted by atomic mass is 9.84. The molecule has 2 fully saturated rings. The molecule has 4 unspecified atom stereocenters. The van der Waals surface area contributed by atoms with Gasteiger partial charge in [0.25, 0.3) is 17.7 Å². The summed E-state index contributed by atoms with van der Waals surface area (Å²) in [6, 6.07) is 15.5. The van der Waals surface area contributed by atoms with Crippen LogP contribution in [-0.2, 0) is 9.59 Å². The van der Waals surface area contributed by atoms with E-state index in [1.165, 1.54) is 0 Å². The van der Waals surface area contributed by atoms with Gasteiger partial charge in [-0.25, -0.2) is 0 Å². The Morgan fingerprint density at radius 3 is 2.37 bits per heavy atom. The molecule has 186 valence electrons. The molecular weight excluding hydrogens is 446 g/mol. The van der Waals surface area contributed by atoms with E-state index >= 15 is 0 Å². The minimum absolute atomic E-state index is 0.0461. The molecule has 8 heteroatoms. The van der Waals surface area contributed by atoms with Crippen LogP contribution < -0.4 is 20.3 Å². The lowest BCUT2D eigenvalue weighted by Gasteiger charge is -2.33. The molecule has 3 amide bonds. The fourth-order valence-corrected chi connectivity index (χ4v) is 5.06. The van der Waals surface area contributed by atoms with Gasteiger partial charge in [0.1, 0.15) is 17.5 Å². The van der Waals surface area contributed by atoms with E-state index in [1.54, 1.807) is 48.2 Å². The van der Waals surface area contributed by atoms with E-state index in [1.807, 2.05) is 25.1 Å². The Morgan fingerprint density at radius 2 is 1.66 bits per heavy atom. The maximum atomic E-state index is 13.4. The van der Waals surface area contributed by atoms with E-state index in [-0.39, 0.29) is 17.9 Å². The Labute approximate surface area is 205 Å². The van der Waals surface area contributed by atoms with E-state index in [0.29, 0.717) is 30.3 Å². The number of carbonyl (C=O) groups is 3. The third-order valence-electron chi connectivity index (χ3n) is 6.77. The van der Waals surface area contributed by atoms with Crippen LogP contribution in [0.2, 0.25) is 0 Å². The van der Waals surface area contributed by atoms with Gasteiger partial charge < -0.3 is 14.4 Å². The third kappa shape index (κ3) is 5.75. The zero-order chi connectivity index (χ0) is 24.8. The second-order valence-electron chi connectivity index (χ2n) is 9.08. The Kier molecular flexibility index (Phi) is 7.90. The third-order valence-corrected chi connectivity index (χ3v) is 6.77. The molecule has 2 aliphatic rings. The normalized spacial score (nSPS) is 22.0. The summed E-state index contributed by atoms with van der Waals surface area (Å²) in [6.45, 7) is 4.07. The van der Waals surface area contributed by atoms with Crippen LogP contribution in [-0.4, -0.2) is 47.4 Å². The molecule has 2 aromatic carbocycles. The Morgan fingerprint density at radius 1 is 0.971 bits per heavy atom. The van der Waals surface area contributed by atoms with Crippen LogP contribution in [0.1, 0.15) is 56.3 Å². The highest BCUT2D eigenvalue weighted by Crippen LogP contribution is 2.40. The molecule has 2 N–H and O–H groups in total. The average molecular weight is 480 g/mol. The van der Waals surface area contributed by atoms with Gasteiger partial charge in [-0.15, -0.1) is 0 Å². The number of carbonyl (C=O) groups excluding carboxylic acids is 3. The topological polar surface area (TPSA) is 97.0 Å². The van der Waals surface area contributed by atoms with Crippen molar-refractivity contribution >= 4 is 17.7 Å². The lowest BCUT2D eigenvalue weighted by molar-refractivity contribution is -0.134. The Bertz CT molecular complexity index is 1030. The molecule has 35 heavy (non-hydrogen) atoms. The number of benzene rings is 2. The minimum Gasteiger partial charge on any atom is -0.494 e. The first-order chi connectivity index (χ1) is 17.0. The van der Waals surface area contributed by atoms with Crippen molar-refractivity contribution in [1.29, 1.82) is 0 Å². The summed E-state index contributed by atoms with van der Waals surface area (Å²) in [5.41, 5.74) is 5.56. The van der Waals surface area contributed by atoms with E-state index in [2.05, 4.69) is 10.9 Å². The highest BCUT2D eigenvalue weighted by atomic mass is 16.5. The van der Waals surface area contributed by atoms with Gasteiger partial charge in [0.05, 0.1) is 6.61 Å². The molecule has 0 bridgehead atoms. The smallest absolute Gasteiger partial charge is 0.279 e. The first kappa shape index (κ1) is 24.6. The van der Waals surface area contributed by atoms with E-state index < -0.39 is 18.1 Å². The molecule has 1 saturated carbocycles. The highest BCUT2D eigenvalue weighted by molar-refractivity contribution is 5.98. The van der Waals surface area contributed by atoms with Crippen LogP contribution >= 0.6 is 0 Å². The Hall–Kier alpha value is -3.55. The lowest BCUT2D eigenvalue weighted by Crippen LogP contribution is -2.55. The van der Waals surface area contributed by atoms with Crippen molar-refractivity contribution in [2.45, 2.75) is 64.1 Å². The predicted molar refractivity (Wildman–Crippen MR) is 131 cm³/mol. The van der Waals surface area contributed by atoms with Gasteiger partial charge >= 0.3 is 0 Å². The minimum atomic E-state index is -0.832. The van der Waals surface area contributed by atoms with Gasteiger partial charge in [-0.2, -0.15) is 0 Å². The van der Waals surface area contributed by atoms with Gasteiger partial charge in [0.15, 0.2) is 6.10 Å². The molecular formula is C27H33N3O5. The fraction of sp³-hybridized carbons (Fsp3) is 0.444. The van der Waals surface area contributed by atoms with Crippen molar-refractivity contribution in [2.75, 3.05) is 6.61 Å². The van der Waals surface area contributed by atoms with Crippen molar-refractivity contribution in [2.24, 2.45) is 5.92 Å². The van der Waals surface area contributed by atoms with Crippen LogP contribution in [0.4, 0.5) is 0 Å². The maximum Gasteiger partial charge on any atom is 0.279 e. The maximum absolute atomic E-state index is 13.4. The summed E-state index contributed by atoms with van der Waals surface area (Å²) >= 11 is 0. The number of likely N-dealkylation sites (tertiary alicyclic amines) is 1. The van der Waals surface area contributed by atoms with Gasteiger partial charge in [0.2, 0.25) is 0 Å². The molecule has 4 rings (SSSR count). The second-order valence-corrected chi connectivity index (χ2v) is 9.08. The first-order valence-corrected chi connectivity index (χ1v) is 12.3. The fourth-order valence-electron chi connectivity index (χ4n) is 5.06.